The molecule has 2 aromatic carbocycles. The first-order chi connectivity index (χ1) is 15.3. The standard InChI is InChI=1S/C23H24F4N4O/c1-2-3-4-5-13-32-19-8-6-7-18(14-19)29-21-20(23(25,26)27)15-28-22(31-21)30-17-11-9-16(24)10-12-17/h6-12,14-15H,2-5,13H2,1H3,(H2,28,29,30,31). The van der Waals surface area contributed by atoms with E-state index in [0.29, 0.717) is 29.9 Å². The van der Waals surface area contributed by atoms with Crippen molar-refractivity contribution in [1.29, 1.82) is 0 Å². The van der Waals surface area contributed by atoms with Crippen LogP contribution in [0.1, 0.15) is 38.2 Å². The van der Waals surface area contributed by atoms with Crippen LogP contribution in [0.3, 0.4) is 0 Å². The number of nitrogens with zero attached hydrogens (tertiary/aromatic N) is 2. The quantitative estimate of drug-likeness (QED) is 0.256. The summed E-state index contributed by atoms with van der Waals surface area (Å²) < 4.78 is 59.3. The van der Waals surface area contributed by atoms with Crippen molar-refractivity contribution in [2.24, 2.45) is 0 Å². The molecule has 170 valence electrons. The number of benzene rings is 2. The second-order valence-electron chi connectivity index (χ2n) is 7.15. The molecule has 0 fully saturated rings. The van der Waals surface area contributed by atoms with Crippen LogP contribution in [0.5, 0.6) is 5.75 Å². The molecule has 0 saturated heterocycles. The normalized spacial score (nSPS) is 11.3. The monoisotopic (exact) mass is 448 g/mol. The van der Waals surface area contributed by atoms with Crippen LogP contribution in [-0.2, 0) is 6.18 Å². The molecule has 0 aliphatic rings. The molecular weight excluding hydrogens is 424 g/mol. The Kier molecular flexibility index (Phi) is 7.86. The third-order valence-corrected chi connectivity index (χ3v) is 4.56. The van der Waals surface area contributed by atoms with Crippen LogP contribution in [0.15, 0.2) is 54.7 Å². The van der Waals surface area contributed by atoms with E-state index in [4.69, 9.17) is 4.74 Å². The van der Waals surface area contributed by atoms with Crippen molar-refractivity contribution < 1.29 is 22.3 Å². The van der Waals surface area contributed by atoms with Crippen LogP contribution in [0.4, 0.5) is 40.7 Å². The van der Waals surface area contributed by atoms with Gasteiger partial charge in [0.25, 0.3) is 0 Å². The summed E-state index contributed by atoms with van der Waals surface area (Å²) in [6, 6.07) is 12.0. The molecular formula is C23H24F4N4O. The minimum atomic E-state index is -4.65. The predicted octanol–water partition coefficient (Wildman–Crippen LogP) is 7.08. The fraction of sp³-hybridized carbons (Fsp3) is 0.304. The predicted molar refractivity (Wildman–Crippen MR) is 116 cm³/mol. The topological polar surface area (TPSA) is 59.1 Å². The first-order valence-corrected chi connectivity index (χ1v) is 10.3. The lowest BCUT2D eigenvalue weighted by molar-refractivity contribution is -0.137. The van der Waals surface area contributed by atoms with Crippen molar-refractivity contribution in [3.8, 4) is 5.75 Å². The number of halogens is 4. The van der Waals surface area contributed by atoms with Gasteiger partial charge in [-0.3, -0.25) is 0 Å². The van der Waals surface area contributed by atoms with Gasteiger partial charge < -0.3 is 15.4 Å². The van der Waals surface area contributed by atoms with Gasteiger partial charge in [-0.25, -0.2) is 9.37 Å². The van der Waals surface area contributed by atoms with Crippen LogP contribution < -0.4 is 15.4 Å². The zero-order chi connectivity index (χ0) is 23.0. The van der Waals surface area contributed by atoms with Crippen molar-refractivity contribution in [3.63, 3.8) is 0 Å². The summed E-state index contributed by atoms with van der Waals surface area (Å²) in [7, 11) is 0. The second kappa shape index (κ2) is 10.8. The molecule has 0 spiro atoms. The molecule has 5 nitrogen and oxygen atoms in total. The number of alkyl halides is 3. The fourth-order valence-electron chi connectivity index (χ4n) is 2.93. The maximum Gasteiger partial charge on any atom is 0.421 e. The first kappa shape index (κ1) is 23.3. The molecule has 0 bridgehead atoms. The Hall–Kier alpha value is -3.36. The van der Waals surface area contributed by atoms with E-state index in [1.165, 1.54) is 24.3 Å². The Labute approximate surface area is 183 Å². The van der Waals surface area contributed by atoms with Crippen LogP contribution in [0.25, 0.3) is 0 Å². The first-order valence-electron chi connectivity index (χ1n) is 10.3. The van der Waals surface area contributed by atoms with E-state index in [2.05, 4.69) is 27.5 Å². The Bertz CT molecular complexity index is 1010. The SMILES string of the molecule is CCCCCCOc1cccc(Nc2nc(Nc3ccc(F)cc3)ncc2C(F)(F)F)c1. The van der Waals surface area contributed by atoms with Gasteiger partial charge in [0.15, 0.2) is 0 Å². The lowest BCUT2D eigenvalue weighted by Crippen LogP contribution is -2.12. The Morgan fingerprint density at radius 3 is 2.44 bits per heavy atom. The number of unbranched alkanes of at least 4 members (excludes halogenated alkanes) is 3. The van der Waals surface area contributed by atoms with Crippen LogP contribution in [0, 0.1) is 5.82 Å². The third-order valence-electron chi connectivity index (χ3n) is 4.56. The summed E-state index contributed by atoms with van der Waals surface area (Å²) in [5.41, 5.74) is -0.170. The Morgan fingerprint density at radius 1 is 0.938 bits per heavy atom. The van der Waals surface area contributed by atoms with E-state index in [1.54, 1.807) is 24.3 Å². The van der Waals surface area contributed by atoms with E-state index < -0.39 is 23.4 Å². The Balaban J connectivity index is 1.77. The lowest BCUT2D eigenvalue weighted by Gasteiger charge is -2.15. The number of hydrogen-bond acceptors (Lipinski definition) is 5. The van der Waals surface area contributed by atoms with E-state index in [1.807, 2.05) is 0 Å². The number of anilines is 4. The maximum atomic E-state index is 13.5. The molecule has 32 heavy (non-hydrogen) atoms. The van der Waals surface area contributed by atoms with Gasteiger partial charge in [-0.1, -0.05) is 32.3 Å². The van der Waals surface area contributed by atoms with E-state index in [-0.39, 0.29) is 5.95 Å². The lowest BCUT2D eigenvalue weighted by atomic mass is 10.2. The van der Waals surface area contributed by atoms with Gasteiger partial charge in [0, 0.05) is 23.6 Å². The zero-order valence-electron chi connectivity index (χ0n) is 17.5. The zero-order valence-corrected chi connectivity index (χ0v) is 17.5. The summed E-state index contributed by atoms with van der Waals surface area (Å²) in [5, 5.41) is 5.49. The van der Waals surface area contributed by atoms with Gasteiger partial charge in [0.2, 0.25) is 5.95 Å². The molecule has 3 aromatic rings. The highest BCUT2D eigenvalue weighted by Gasteiger charge is 2.35. The molecule has 0 radical (unpaired) electrons. The smallest absolute Gasteiger partial charge is 0.421 e. The van der Waals surface area contributed by atoms with Gasteiger partial charge in [-0.2, -0.15) is 18.2 Å². The van der Waals surface area contributed by atoms with Crippen molar-refractivity contribution in [2.75, 3.05) is 17.2 Å². The molecule has 0 aliphatic carbocycles. The fourth-order valence-corrected chi connectivity index (χ4v) is 2.93. The molecule has 3 rings (SSSR count). The maximum absolute atomic E-state index is 13.5. The van der Waals surface area contributed by atoms with Crippen molar-refractivity contribution >= 4 is 23.1 Å². The molecule has 0 aliphatic heterocycles. The highest BCUT2D eigenvalue weighted by molar-refractivity contribution is 5.63. The van der Waals surface area contributed by atoms with Gasteiger partial charge in [0.05, 0.1) is 6.61 Å². The van der Waals surface area contributed by atoms with Crippen molar-refractivity contribution in [2.45, 2.75) is 38.8 Å². The molecule has 0 unspecified atom stereocenters. The molecule has 1 aromatic heterocycles. The third kappa shape index (κ3) is 6.83. The minimum Gasteiger partial charge on any atom is -0.494 e. The van der Waals surface area contributed by atoms with Gasteiger partial charge >= 0.3 is 6.18 Å². The molecule has 0 amide bonds. The summed E-state index contributed by atoms with van der Waals surface area (Å²) in [6.45, 7) is 2.66. The largest absolute Gasteiger partial charge is 0.494 e. The van der Waals surface area contributed by atoms with E-state index >= 15 is 0 Å². The highest BCUT2D eigenvalue weighted by Crippen LogP contribution is 2.35. The van der Waals surface area contributed by atoms with Crippen molar-refractivity contribution in [1.82, 2.24) is 9.97 Å². The number of rotatable bonds is 10. The van der Waals surface area contributed by atoms with Crippen molar-refractivity contribution in [3.05, 3.63) is 66.1 Å². The average molecular weight is 448 g/mol. The summed E-state index contributed by atoms with van der Waals surface area (Å²) in [6.07, 6.45) is 0.284. The highest BCUT2D eigenvalue weighted by atomic mass is 19.4. The number of aromatic nitrogens is 2. The van der Waals surface area contributed by atoms with Gasteiger partial charge in [-0.15, -0.1) is 0 Å². The number of hydrogen-bond donors (Lipinski definition) is 2. The molecule has 2 N–H and O–H groups in total. The number of nitrogens with one attached hydrogen (secondary N) is 2. The van der Waals surface area contributed by atoms with Crippen LogP contribution in [0.2, 0.25) is 0 Å². The molecule has 0 saturated carbocycles. The number of ether oxygens (including phenoxy) is 1. The molecule has 9 heteroatoms. The van der Waals surface area contributed by atoms with Crippen LogP contribution in [-0.4, -0.2) is 16.6 Å². The molecule has 0 atom stereocenters. The minimum absolute atomic E-state index is 0.0598. The average Bonchev–Trinajstić information content (AvgIpc) is 2.75. The van der Waals surface area contributed by atoms with Gasteiger partial charge in [-0.05, 0) is 42.8 Å². The summed E-state index contributed by atoms with van der Waals surface area (Å²) in [4.78, 5) is 7.74. The summed E-state index contributed by atoms with van der Waals surface area (Å²) >= 11 is 0. The van der Waals surface area contributed by atoms with Gasteiger partial charge in [0.1, 0.15) is 22.9 Å². The second-order valence-corrected chi connectivity index (χ2v) is 7.15. The van der Waals surface area contributed by atoms with E-state index in [9.17, 15) is 17.6 Å². The Morgan fingerprint density at radius 2 is 1.72 bits per heavy atom. The van der Waals surface area contributed by atoms with E-state index in [0.717, 1.165) is 25.7 Å². The molecule has 1 heterocycles. The van der Waals surface area contributed by atoms with Crippen LogP contribution >= 0.6 is 0 Å². The summed E-state index contributed by atoms with van der Waals surface area (Å²) in [5.74, 6) is -0.342.